The molecule has 3 rings (SSSR count). The number of nitrogens with two attached hydrogens (primary N) is 3. The molecule has 0 aliphatic heterocycles. The Bertz CT molecular complexity index is 1050. The number of ketones is 1. The maximum atomic E-state index is 11.6. The molecule has 9 heteroatoms. The summed E-state index contributed by atoms with van der Waals surface area (Å²) in [6.45, 7) is 0. The van der Waals surface area contributed by atoms with Crippen LogP contribution in [0.3, 0.4) is 0 Å². The quantitative estimate of drug-likeness (QED) is 0.248. The van der Waals surface area contributed by atoms with Crippen molar-refractivity contribution >= 4 is 34.3 Å². The van der Waals surface area contributed by atoms with E-state index in [-0.39, 0.29) is 12.2 Å². The second-order valence-electron chi connectivity index (χ2n) is 6.67. The number of carboxylic acids is 2. The van der Waals surface area contributed by atoms with Gasteiger partial charge >= 0.3 is 11.9 Å². The van der Waals surface area contributed by atoms with Crippen molar-refractivity contribution in [3.63, 3.8) is 0 Å². The molecule has 9 nitrogen and oxygen atoms in total. The van der Waals surface area contributed by atoms with Crippen LogP contribution in [0.2, 0.25) is 0 Å². The molecule has 0 saturated heterocycles. The Morgan fingerprint density at radius 3 is 2.13 bits per heavy atom. The van der Waals surface area contributed by atoms with Gasteiger partial charge in [0.25, 0.3) is 0 Å². The molecule has 2 atom stereocenters. The average molecular weight is 412 g/mol. The summed E-state index contributed by atoms with van der Waals surface area (Å²) in [5, 5.41) is 18.3. The van der Waals surface area contributed by atoms with Crippen LogP contribution in [0.25, 0.3) is 10.9 Å². The minimum Gasteiger partial charge on any atom is -0.480 e. The molecular weight excluding hydrogens is 388 g/mol. The van der Waals surface area contributed by atoms with Gasteiger partial charge in [-0.2, -0.15) is 0 Å². The Hall–Kier alpha value is -3.69. The standard InChI is InChI=1S/C11H12N2O2.C10H12N2O3/c12-9(11(14)15)5-7-6-13-10-4-2-1-3-8(7)10;11-7-4-2-1-3-6(7)9(13)5-8(12)10(14)15/h1-4,6,9,13H,5,12H2,(H,14,15);1-4,8H,5,11-12H2,(H,14,15). The van der Waals surface area contributed by atoms with Gasteiger partial charge in [0.1, 0.15) is 12.1 Å². The summed E-state index contributed by atoms with van der Waals surface area (Å²) in [6.07, 6.45) is 1.91. The first-order chi connectivity index (χ1) is 14.2. The number of carbonyl (C=O) groups is 3. The van der Waals surface area contributed by atoms with Crippen LogP contribution in [0.4, 0.5) is 5.69 Å². The Morgan fingerprint density at radius 2 is 1.50 bits per heavy atom. The molecule has 158 valence electrons. The normalized spacial score (nSPS) is 12.5. The molecule has 1 heterocycles. The lowest BCUT2D eigenvalue weighted by atomic mass is 10.0. The molecular formula is C21H24N4O5. The van der Waals surface area contributed by atoms with Crippen molar-refractivity contribution < 1.29 is 24.6 Å². The number of anilines is 1. The highest BCUT2D eigenvalue weighted by Gasteiger charge is 2.18. The first kappa shape index (κ1) is 22.6. The van der Waals surface area contributed by atoms with Crippen LogP contribution in [0.1, 0.15) is 22.3 Å². The SMILES string of the molecule is NC(Cc1c[nH]c2ccccc12)C(=O)O.Nc1ccccc1C(=O)CC(N)C(=O)O. The summed E-state index contributed by atoms with van der Waals surface area (Å²) in [4.78, 5) is 35.7. The molecule has 0 bridgehead atoms. The number of aromatic nitrogens is 1. The predicted octanol–water partition coefficient (Wildman–Crippen LogP) is 1.38. The fraction of sp³-hybridized carbons (Fsp3) is 0.190. The number of benzene rings is 2. The number of aromatic amines is 1. The molecule has 1 aromatic heterocycles. The monoisotopic (exact) mass is 412 g/mol. The first-order valence-corrected chi connectivity index (χ1v) is 9.10. The van der Waals surface area contributed by atoms with Gasteiger partial charge in [-0.3, -0.25) is 14.4 Å². The van der Waals surface area contributed by atoms with Gasteiger partial charge in [0, 0.05) is 41.2 Å². The van der Waals surface area contributed by atoms with Crippen LogP contribution >= 0.6 is 0 Å². The summed E-state index contributed by atoms with van der Waals surface area (Å²) in [7, 11) is 0. The summed E-state index contributed by atoms with van der Waals surface area (Å²) in [5.41, 5.74) is 18.9. The molecule has 0 radical (unpaired) electrons. The zero-order valence-electron chi connectivity index (χ0n) is 16.1. The Morgan fingerprint density at radius 1 is 0.900 bits per heavy atom. The second-order valence-corrected chi connectivity index (χ2v) is 6.67. The number of carboxylic acid groups (broad SMARTS) is 2. The van der Waals surface area contributed by atoms with E-state index in [0.717, 1.165) is 16.5 Å². The van der Waals surface area contributed by atoms with Crippen molar-refractivity contribution in [2.75, 3.05) is 5.73 Å². The van der Waals surface area contributed by atoms with Crippen molar-refractivity contribution in [3.05, 3.63) is 65.9 Å². The zero-order valence-corrected chi connectivity index (χ0v) is 16.1. The number of nitrogens with one attached hydrogen (secondary N) is 1. The Balaban J connectivity index is 0.000000214. The van der Waals surface area contributed by atoms with E-state index in [0.29, 0.717) is 17.7 Å². The van der Waals surface area contributed by atoms with Crippen LogP contribution in [0, 0.1) is 0 Å². The molecule has 9 N–H and O–H groups in total. The molecule has 0 fully saturated rings. The van der Waals surface area contributed by atoms with E-state index in [1.807, 2.05) is 30.5 Å². The topological polar surface area (TPSA) is 186 Å². The van der Waals surface area contributed by atoms with E-state index in [1.54, 1.807) is 24.3 Å². The van der Waals surface area contributed by atoms with Crippen molar-refractivity contribution in [2.24, 2.45) is 11.5 Å². The smallest absolute Gasteiger partial charge is 0.320 e. The number of hydrogen-bond acceptors (Lipinski definition) is 6. The molecule has 3 aromatic rings. The number of carbonyl (C=O) groups excluding carboxylic acids is 1. The van der Waals surface area contributed by atoms with Gasteiger partial charge in [-0.05, 0) is 23.8 Å². The second kappa shape index (κ2) is 10.2. The van der Waals surface area contributed by atoms with Crippen LogP contribution in [-0.2, 0) is 16.0 Å². The van der Waals surface area contributed by atoms with Crippen LogP contribution in [0.15, 0.2) is 54.7 Å². The van der Waals surface area contributed by atoms with E-state index in [1.165, 1.54) is 0 Å². The highest BCUT2D eigenvalue weighted by molar-refractivity contribution is 6.02. The maximum absolute atomic E-state index is 11.6. The molecule has 0 amide bonds. The third kappa shape index (κ3) is 5.90. The van der Waals surface area contributed by atoms with Crippen LogP contribution < -0.4 is 17.2 Å². The highest BCUT2D eigenvalue weighted by atomic mass is 16.4. The van der Waals surface area contributed by atoms with E-state index < -0.39 is 24.0 Å². The number of H-pyrrole nitrogens is 1. The number of fused-ring (bicyclic) bond motifs is 1. The van der Waals surface area contributed by atoms with Crippen molar-refractivity contribution in [2.45, 2.75) is 24.9 Å². The fourth-order valence-electron chi connectivity index (χ4n) is 2.77. The lowest BCUT2D eigenvalue weighted by Gasteiger charge is -2.07. The minimum absolute atomic E-state index is 0.246. The summed E-state index contributed by atoms with van der Waals surface area (Å²) in [5.74, 6) is -2.53. The Labute approximate surface area is 172 Å². The maximum Gasteiger partial charge on any atom is 0.320 e. The first-order valence-electron chi connectivity index (χ1n) is 9.10. The number of para-hydroxylation sites is 2. The Kier molecular flexibility index (Phi) is 7.68. The van der Waals surface area contributed by atoms with Crippen molar-refractivity contribution in [1.29, 1.82) is 0 Å². The summed E-state index contributed by atoms with van der Waals surface area (Å²) < 4.78 is 0. The van der Waals surface area contributed by atoms with Gasteiger partial charge in [0.05, 0.1) is 0 Å². The number of Topliss-reactive ketones (excluding diaryl/α,β-unsaturated/α-hetero) is 1. The van der Waals surface area contributed by atoms with Crippen LogP contribution in [0.5, 0.6) is 0 Å². The van der Waals surface area contributed by atoms with Crippen molar-refractivity contribution in [3.8, 4) is 0 Å². The van der Waals surface area contributed by atoms with Gasteiger partial charge in [0.15, 0.2) is 5.78 Å². The number of rotatable bonds is 7. The summed E-state index contributed by atoms with van der Waals surface area (Å²) >= 11 is 0. The van der Waals surface area contributed by atoms with Gasteiger partial charge in [-0.1, -0.05) is 30.3 Å². The zero-order chi connectivity index (χ0) is 22.3. The van der Waals surface area contributed by atoms with E-state index in [4.69, 9.17) is 27.4 Å². The van der Waals surface area contributed by atoms with Crippen LogP contribution in [-0.4, -0.2) is 45.0 Å². The number of aliphatic carboxylic acids is 2. The van der Waals surface area contributed by atoms with Gasteiger partial charge < -0.3 is 32.4 Å². The lowest BCUT2D eigenvalue weighted by molar-refractivity contribution is -0.139. The largest absolute Gasteiger partial charge is 0.480 e. The highest BCUT2D eigenvalue weighted by Crippen LogP contribution is 2.18. The molecule has 2 unspecified atom stereocenters. The average Bonchev–Trinajstić information content (AvgIpc) is 3.11. The number of nitrogen functional groups attached to an aromatic ring is 1. The fourth-order valence-corrected chi connectivity index (χ4v) is 2.77. The third-order valence-corrected chi connectivity index (χ3v) is 4.42. The minimum atomic E-state index is -1.20. The third-order valence-electron chi connectivity index (χ3n) is 4.42. The lowest BCUT2D eigenvalue weighted by Crippen LogP contribution is -2.32. The van der Waals surface area contributed by atoms with Gasteiger partial charge in [0.2, 0.25) is 0 Å². The van der Waals surface area contributed by atoms with E-state index in [2.05, 4.69) is 4.98 Å². The van der Waals surface area contributed by atoms with Gasteiger partial charge in [-0.25, -0.2) is 0 Å². The molecule has 0 saturated carbocycles. The van der Waals surface area contributed by atoms with Crippen molar-refractivity contribution in [1.82, 2.24) is 4.98 Å². The van der Waals surface area contributed by atoms with E-state index >= 15 is 0 Å². The van der Waals surface area contributed by atoms with E-state index in [9.17, 15) is 14.4 Å². The molecule has 0 spiro atoms. The number of hydrogen-bond donors (Lipinski definition) is 6. The van der Waals surface area contributed by atoms with Gasteiger partial charge in [-0.15, -0.1) is 0 Å². The molecule has 0 aliphatic rings. The summed E-state index contributed by atoms with van der Waals surface area (Å²) in [6, 6.07) is 12.2. The molecule has 0 aliphatic carbocycles. The predicted molar refractivity (Wildman–Crippen MR) is 113 cm³/mol. The molecule has 2 aromatic carbocycles. The molecule has 30 heavy (non-hydrogen) atoms.